The third-order valence-corrected chi connectivity index (χ3v) is 3.56. The van der Waals surface area contributed by atoms with Crippen LogP contribution in [-0.2, 0) is 0 Å². The van der Waals surface area contributed by atoms with Gasteiger partial charge in [-0.25, -0.2) is 0 Å². The summed E-state index contributed by atoms with van der Waals surface area (Å²) in [6.07, 6.45) is 1.65. The lowest BCUT2D eigenvalue weighted by Gasteiger charge is -2.04. The van der Waals surface area contributed by atoms with Crippen molar-refractivity contribution in [3.63, 3.8) is 0 Å². The molecule has 0 atom stereocenters. The average molecular weight is 289 g/mol. The molecule has 0 fully saturated rings. The normalized spacial score (nSPS) is 11.1. The maximum atomic E-state index is 11.3. The molecule has 0 aromatic heterocycles. The summed E-state index contributed by atoms with van der Waals surface area (Å²) in [5, 5.41) is 12.1. The minimum Gasteiger partial charge on any atom is -0.507 e. The molecule has 3 nitrogen and oxygen atoms in total. The van der Waals surface area contributed by atoms with Crippen LogP contribution in [0.25, 0.3) is 10.8 Å². The molecule has 0 unspecified atom stereocenters. The molecule has 3 rings (SSSR count). The summed E-state index contributed by atoms with van der Waals surface area (Å²) in [6.45, 7) is 1.53. The first-order valence-corrected chi connectivity index (χ1v) is 7.01. The maximum Gasteiger partial charge on any atom is 0.159 e. The van der Waals surface area contributed by atoms with Gasteiger partial charge in [-0.2, -0.15) is 0 Å². The van der Waals surface area contributed by atoms with E-state index < -0.39 is 0 Å². The molecular formula is C19H15NO2. The Bertz CT molecular complexity index is 864. The fourth-order valence-corrected chi connectivity index (χ4v) is 2.34. The minimum absolute atomic E-state index is 0.0298. The van der Waals surface area contributed by atoms with Crippen molar-refractivity contribution in [2.75, 3.05) is 0 Å². The molecule has 0 saturated carbocycles. The van der Waals surface area contributed by atoms with Gasteiger partial charge >= 0.3 is 0 Å². The summed E-state index contributed by atoms with van der Waals surface area (Å²) < 4.78 is 0. The van der Waals surface area contributed by atoms with Gasteiger partial charge in [0.15, 0.2) is 5.78 Å². The third kappa shape index (κ3) is 2.74. The van der Waals surface area contributed by atoms with Gasteiger partial charge < -0.3 is 5.11 Å². The van der Waals surface area contributed by atoms with Crippen molar-refractivity contribution in [3.05, 3.63) is 71.8 Å². The first-order chi connectivity index (χ1) is 10.6. The Labute approximate surface area is 128 Å². The van der Waals surface area contributed by atoms with E-state index in [-0.39, 0.29) is 11.5 Å². The first-order valence-electron chi connectivity index (χ1n) is 7.01. The maximum absolute atomic E-state index is 11.3. The van der Waals surface area contributed by atoms with Crippen molar-refractivity contribution in [2.24, 2.45) is 4.99 Å². The monoisotopic (exact) mass is 289 g/mol. The van der Waals surface area contributed by atoms with Gasteiger partial charge in [-0.1, -0.05) is 30.3 Å². The van der Waals surface area contributed by atoms with Crippen LogP contribution in [0.1, 0.15) is 22.8 Å². The van der Waals surface area contributed by atoms with Crippen molar-refractivity contribution < 1.29 is 9.90 Å². The van der Waals surface area contributed by atoms with Crippen LogP contribution >= 0.6 is 0 Å². The van der Waals surface area contributed by atoms with E-state index in [1.54, 1.807) is 36.5 Å². The molecule has 3 aromatic rings. The van der Waals surface area contributed by atoms with E-state index in [0.29, 0.717) is 11.1 Å². The average Bonchev–Trinajstić information content (AvgIpc) is 2.54. The number of fused-ring (bicyclic) bond motifs is 1. The second-order valence-corrected chi connectivity index (χ2v) is 5.08. The smallest absolute Gasteiger partial charge is 0.159 e. The number of phenolic OH excluding ortho intramolecular Hbond substituents is 1. The van der Waals surface area contributed by atoms with E-state index in [0.717, 1.165) is 16.5 Å². The number of ketones is 1. The van der Waals surface area contributed by atoms with E-state index in [2.05, 4.69) is 4.99 Å². The fourth-order valence-electron chi connectivity index (χ4n) is 2.34. The highest BCUT2D eigenvalue weighted by Crippen LogP contribution is 2.26. The number of hydrogen-bond acceptors (Lipinski definition) is 3. The lowest BCUT2D eigenvalue weighted by atomic mass is 10.0. The van der Waals surface area contributed by atoms with Crippen molar-refractivity contribution >= 4 is 28.5 Å². The van der Waals surface area contributed by atoms with E-state index in [9.17, 15) is 9.90 Å². The molecule has 0 spiro atoms. The number of hydrogen-bond donors (Lipinski definition) is 1. The van der Waals surface area contributed by atoms with Crippen LogP contribution < -0.4 is 0 Å². The summed E-state index contributed by atoms with van der Waals surface area (Å²) in [7, 11) is 0. The van der Waals surface area contributed by atoms with Crippen LogP contribution in [-0.4, -0.2) is 17.1 Å². The molecule has 0 bridgehead atoms. The van der Waals surface area contributed by atoms with E-state index in [4.69, 9.17) is 0 Å². The molecular weight excluding hydrogens is 274 g/mol. The second kappa shape index (κ2) is 5.82. The molecule has 1 N–H and O–H groups in total. The predicted molar refractivity (Wildman–Crippen MR) is 89.3 cm³/mol. The number of rotatable bonds is 3. The second-order valence-electron chi connectivity index (χ2n) is 5.08. The van der Waals surface area contributed by atoms with Gasteiger partial charge in [-0.15, -0.1) is 0 Å². The Kier molecular flexibility index (Phi) is 3.71. The van der Waals surface area contributed by atoms with Crippen LogP contribution in [0.2, 0.25) is 0 Å². The van der Waals surface area contributed by atoms with Gasteiger partial charge in [0.2, 0.25) is 0 Å². The standard InChI is InChI=1S/C19H15NO2/c1-13(21)14-6-9-16(10-7-14)20-12-18-17-5-3-2-4-15(17)8-11-19(18)22/h2-12,22H,1H3. The molecule has 108 valence electrons. The van der Waals surface area contributed by atoms with Gasteiger partial charge in [0.25, 0.3) is 0 Å². The van der Waals surface area contributed by atoms with Crippen molar-refractivity contribution in [3.8, 4) is 5.75 Å². The summed E-state index contributed by atoms with van der Waals surface area (Å²) in [5.74, 6) is 0.227. The number of Topliss-reactive ketones (excluding diaryl/α,β-unsaturated/α-hetero) is 1. The first kappa shape index (κ1) is 14.0. The molecule has 22 heavy (non-hydrogen) atoms. The van der Waals surface area contributed by atoms with Crippen LogP contribution in [0, 0.1) is 0 Å². The van der Waals surface area contributed by atoms with Gasteiger partial charge in [-0.3, -0.25) is 9.79 Å². The fraction of sp³-hybridized carbons (Fsp3) is 0.0526. The van der Waals surface area contributed by atoms with Gasteiger partial charge in [0.1, 0.15) is 5.75 Å². The lowest BCUT2D eigenvalue weighted by Crippen LogP contribution is -1.89. The topological polar surface area (TPSA) is 49.7 Å². The predicted octanol–water partition coefficient (Wildman–Crippen LogP) is 4.50. The largest absolute Gasteiger partial charge is 0.507 e. The number of aromatic hydroxyl groups is 1. The van der Waals surface area contributed by atoms with Gasteiger partial charge in [-0.05, 0) is 48.0 Å². The van der Waals surface area contributed by atoms with Crippen LogP contribution in [0.4, 0.5) is 5.69 Å². The summed E-state index contributed by atoms with van der Waals surface area (Å²) in [4.78, 5) is 15.6. The third-order valence-electron chi connectivity index (χ3n) is 3.56. The number of phenols is 1. The zero-order valence-corrected chi connectivity index (χ0v) is 12.2. The number of nitrogens with zero attached hydrogens (tertiary/aromatic N) is 1. The number of carbonyl (C=O) groups excluding carboxylic acids is 1. The van der Waals surface area contributed by atoms with Crippen LogP contribution in [0.5, 0.6) is 5.75 Å². The molecule has 0 aliphatic heterocycles. The van der Waals surface area contributed by atoms with Crippen LogP contribution in [0.15, 0.2) is 65.7 Å². The molecule has 0 amide bonds. The Morgan fingerprint density at radius 3 is 2.45 bits per heavy atom. The SMILES string of the molecule is CC(=O)c1ccc(N=Cc2c(O)ccc3ccccc23)cc1. The Hall–Kier alpha value is -2.94. The number of carbonyl (C=O) groups is 1. The number of aliphatic imine (C=N–C) groups is 1. The Morgan fingerprint density at radius 2 is 1.73 bits per heavy atom. The van der Waals surface area contributed by atoms with Crippen molar-refractivity contribution in [1.29, 1.82) is 0 Å². The molecule has 3 heteroatoms. The van der Waals surface area contributed by atoms with Gasteiger partial charge in [0.05, 0.1) is 5.69 Å². The lowest BCUT2D eigenvalue weighted by molar-refractivity contribution is 0.101. The Balaban J connectivity index is 1.98. The highest BCUT2D eigenvalue weighted by Gasteiger charge is 2.04. The van der Waals surface area contributed by atoms with Crippen molar-refractivity contribution in [1.82, 2.24) is 0 Å². The molecule has 0 aliphatic carbocycles. The van der Waals surface area contributed by atoms with Gasteiger partial charge in [0, 0.05) is 17.3 Å². The molecule has 0 saturated heterocycles. The zero-order valence-electron chi connectivity index (χ0n) is 12.2. The summed E-state index contributed by atoms with van der Waals surface area (Å²) in [5.41, 5.74) is 2.08. The molecule has 0 heterocycles. The quantitative estimate of drug-likeness (QED) is 0.570. The summed E-state index contributed by atoms with van der Waals surface area (Å²) >= 11 is 0. The van der Waals surface area contributed by atoms with E-state index >= 15 is 0 Å². The van der Waals surface area contributed by atoms with Crippen LogP contribution in [0.3, 0.4) is 0 Å². The van der Waals surface area contributed by atoms with Crippen molar-refractivity contribution in [2.45, 2.75) is 6.92 Å². The summed E-state index contributed by atoms with van der Waals surface area (Å²) in [6, 6.07) is 18.5. The highest BCUT2D eigenvalue weighted by molar-refractivity contribution is 6.03. The van der Waals surface area contributed by atoms with E-state index in [1.165, 1.54) is 6.92 Å². The number of benzene rings is 3. The Morgan fingerprint density at radius 1 is 1.00 bits per heavy atom. The van der Waals surface area contributed by atoms with E-state index in [1.807, 2.05) is 30.3 Å². The molecule has 0 aliphatic rings. The minimum atomic E-state index is 0.0298. The molecule has 3 aromatic carbocycles. The molecule has 0 radical (unpaired) electrons. The highest BCUT2D eigenvalue weighted by atomic mass is 16.3. The zero-order chi connectivity index (χ0) is 15.5.